The van der Waals surface area contributed by atoms with Gasteiger partial charge in [-0.3, -0.25) is 0 Å². The molecule has 28 heavy (non-hydrogen) atoms. The van der Waals surface area contributed by atoms with E-state index < -0.39 is 10.0 Å². The lowest BCUT2D eigenvalue weighted by atomic mass is 10.1. The highest BCUT2D eigenvalue weighted by atomic mass is 35.5. The Morgan fingerprint density at radius 3 is 2.36 bits per heavy atom. The van der Waals surface area contributed by atoms with Gasteiger partial charge in [-0.2, -0.15) is 0 Å². The maximum atomic E-state index is 13.6. The van der Waals surface area contributed by atoms with Crippen LogP contribution in [0.5, 0.6) is 0 Å². The van der Waals surface area contributed by atoms with Crippen LogP contribution in [-0.2, 0) is 10.0 Å². The molecule has 0 amide bonds. The molecule has 0 fully saturated rings. The van der Waals surface area contributed by atoms with E-state index in [1.165, 1.54) is 3.97 Å². The van der Waals surface area contributed by atoms with Gasteiger partial charge in [-0.15, -0.1) is 0 Å². The number of para-hydroxylation sites is 1. The van der Waals surface area contributed by atoms with E-state index in [0.29, 0.717) is 16.2 Å². The van der Waals surface area contributed by atoms with E-state index in [4.69, 9.17) is 11.6 Å². The van der Waals surface area contributed by atoms with E-state index in [1.54, 1.807) is 36.4 Å². The summed E-state index contributed by atoms with van der Waals surface area (Å²) in [5.41, 5.74) is 2.04. The molecular formula is C22H15ClN2O2S. The van der Waals surface area contributed by atoms with Gasteiger partial charge in [-0.25, -0.2) is 12.4 Å². The molecule has 4 nitrogen and oxygen atoms in total. The molecule has 0 saturated heterocycles. The second-order valence-electron chi connectivity index (χ2n) is 6.55. The van der Waals surface area contributed by atoms with Crippen LogP contribution in [-0.4, -0.2) is 17.4 Å². The van der Waals surface area contributed by atoms with Crippen LogP contribution < -0.4 is 0 Å². The molecule has 0 aliphatic heterocycles. The van der Waals surface area contributed by atoms with Crippen LogP contribution in [0.2, 0.25) is 5.02 Å². The number of aromatic amines is 1. The number of rotatable bonds is 3. The van der Waals surface area contributed by atoms with Crippen LogP contribution in [0.4, 0.5) is 0 Å². The first-order valence-corrected chi connectivity index (χ1v) is 10.6. The van der Waals surface area contributed by atoms with Gasteiger partial charge in [-0.05, 0) is 30.3 Å². The zero-order valence-electron chi connectivity index (χ0n) is 14.6. The summed E-state index contributed by atoms with van der Waals surface area (Å²) in [5.74, 6) is 0. The lowest BCUT2D eigenvalue weighted by Gasteiger charge is -2.13. The Morgan fingerprint density at radius 2 is 1.54 bits per heavy atom. The van der Waals surface area contributed by atoms with Gasteiger partial charge in [0.05, 0.1) is 16.1 Å². The molecule has 0 aliphatic rings. The summed E-state index contributed by atoms with van der Waals surface area (Å²) in [6.07, 6.45) is 3.66. The maximum absolute atomic E-state index is 13.6. The van der Waals surface area contributed by atoms with Gasteiger partial charge in [0.2, 0.25) is 0 Å². The summed E-state index contributed by atoms with van der Waals surface area (Å²) in [4.78, 5) is 3.32. The first-order chi connectivity index (χ1) is 13.6. The van der Waals surface area contributed by atoms with Crippen molar-refractivity contribution in [1.82, 2.24) is 8.96 Å². The Kier molecular flexibility index (Phi) is 3.82. The first-order valence-electron chi connectivity index (χ1n) is 8.74. The monoisotopic (exact) mass is 406 g/mol. The van der Waals surface area contributed by atoms with Crippen LogP contribution in [0.25, 0.3) is 32.9 Å². The molecule has 3 aromatic carbocycles. The molecule has 0 bridgehead atoms. The van der Waals surface area contributed by atoms with Crippen molar-refractivity contribution >= 4 is 43.3 Å². The predicted molar refractivity (Wildman–Crippen MR) is 113 cm³/mol. The second-order valence-corrected chi connectivity index (χ2v) is 8.74. The summed E-state index contributed by atoms with van der Waals surface area (Å²) < 4.78 is 28.6. The number of benzene rings is 3. The van der Waals surface area contributed by atoms with Crippen LogP contribution in [0.1, 0.15) is 0 Å². The van der Waals surface area contributed by atoms with Gasteiger partial charge in [0.15, 0.2) is 0 Å². The fraction of sp³-hybridized carbons (Fsp3) is 0. The standard InChI is InChI=1S/C22H15ClN2O2S/c23-20-11-10-17(18-13-24-14-19(18)20)22-12-15-6-4-5-9-21(15)25(22)28(26,27)16-7-2-1-3-8-16/h1-14,24H. The third-order valence-corrected chi connectivity index (χ3v) is 6.98. The molecule has 138 valence electrons. The van der Waals surface area contributed by atoms with E-state index in [2.05, 4.69) is 4.98 Å². The predicted octanol–water partition coefficient (Wildman–Crippen LogP) is 5.68. The summed E-state index contributed by atoms with van der Waals surface area (Å²) in [6.45, 7) is 0. The molecule has 5 rings (SSSR count). The molecule has 0 atom stereocenters. The zero-order valence-corrected chi connectivity index (χ0v) is 16.2. The summed E-state index contributed by atoms with van der Waals surface area (Å²) >= 11 is 6.32. The molecule has 0 radical (unpaired) electrons. The van der Waals surface area contributed by atoms with E-state index >= 15 is 0 Å². The van der Waals surface area contributed by atoms with E-state index in [9.17, 15) is 8.42 Å². The Labute approximate surface area is 167 Å². The Hall–Kier alpha value is -3.02. The summed E-state index contributed by atoms with van der Waals surface area (Å²) in [5, 5.41) is 3.21. The Bertz CT molecular complexity index is 1430. The van der Waals surface area contributed by atoms with Crippen molar-refractivity contribution in [3.63, 3.8) is 0 Å². The number of aromatic nitrogens is 2. The van der Waals surface area contributed by atoms with Gasteiger partial charge in [0.25, 0.3) is 10.0 Å². The average Bonchev–Trinajstić information content (AvgIpc) is 3.35. The van der Waals surface area contributed by atoms with Gasteiger partial charge < -0.3 is 4.98 Å². The summed E-state index contributed by atoms with van der Waals surface area (Å²) in [6, 6.07) is 21.5. The smallest absolute Gasteiger partial charge is 0.268 e. The fourth-order valence-corrected chi connectivity index (χ4v) is 5.38. The molecule has 0 saturated carbocycles. The third-order valence-electron chi connectivity index (χ3n) is 4.91. The average molecular weight is 407 g/mol. The Morgan fingerprint density at radius 1 is 0.821 bits per heavy atom. The van der Waals surface area contributed by atoms with Crippen molar-refractivity contribution in [1.29, 1.82) is 0 Å². The normalized spacial score (nSPS) is 12.0. The molecule has 0 spiro atoms. The topological polar surface area (TPSA) is 54.9 Å². The van der Waals surface area contributed by atoms with Gasteiger partial charge in [-0.1, -0.05) is 54.1 Å². The molecule has 1 N–H and O–H groups in total. The number of halogens is 1. The van der Waals surface area contributed by atoms with Crippen molar-refractivity contribution in [2.75, 3.05) is 0 Å². The van der Waals surface area contributed by atoms with Crippen molar-refractivity contribution in [2.45, 2.75) is 4.90 Å². The van der Waals surface area contributed by atoms with Crippen LogP contribution >= 0.6 is 11.6 Å². The highest BCUT2D eigenvalue weighted by Crippen LogP contribution is 2.37. The highest BCUT2D eigenvalue weighted by molar-refractivity contribution is 7.90. The Balaban J connectivity index is 1.90. The van der Waals surface area contributed by atoms with Crippen molar-refractivity contribution in [2.24, 2.45) is 0 Å². The lowest BCUT2D eigenvalue weighted by molar-refractivity contribution is 0.589. The fourth-order valence-electron chi connectivity index (χ4n) is 3.62. The maximum Gasteiger partial charge on any atom is 0.268 e. The largest absolute Gasteiger partial charge is 0.366 e. The number of nitrogens with zero attached hydrogens (tertiary/aromatic N) is 1. The molecule has 0 unspecified atom stereocenters. The molecule has 2 heterocycles. The molecule has 2 aromatic heterocycles. The highest BCUT2D eigenvalue weighted by Gasteiger charge is 2.24. The quantitative estimate of drug-likeness (QED) is 0.419. The van der Waals surface area contributed by atoms with E-state index in [0.717, 1.165) is 21.7 Å². The number of hydrogen-bond acceptors (Lipinski definition) is 2. The van der Waals surface area contributed by atoms with Crippen LogP contribution in [0.15, 0.2) is 90.1 Å². The minimum absolute atomic E-state index is 0.247. The molecule has 6 heteroatoms. The summed E-state index contributed by atoms with van der Waals surface area (Å²) in [7, 11) is -3.79. The minimum atomic E-state index is -3.79. The first kappa shape index (κ1) is 17.1. The van der Waals surface area contributed by atoms with Gasteiger partial charge in [0, 0.05) is 39.1 Å². The second kappa shape index (κ2) is 6.26. The number of hydrogen-bond donors (Lipinski definition) is 1. The van der Waals surface area contributed by atoms with Crippen molar-refractivity contribution in [3.05, 3.63) is 90.2 Å². The number of fused-ring (bicyclic) bond motifs is 2. The van der Waals surface area contributed by atoms with Gasteiger partial charge in [0.1, 0.15) is 0 Å². The molecule has 5 aromatic rings. The molecular weight excluding hydrogens is 392 g/mol. The minimum Gasteiger partial charge on any atom is -0.366 e. The van der Waals surface area contributed by atoms with Crippen molar-refractivity contribution in [3.8, 4) is 11.3 Å². The van der Waals surface area contributed by atoms with Gasteiger partial charge >= 0.3 is 0 Å². The van der Waals surface area contributed by atoms with Crippen molar-refractivity contribution < 1.29 is 8.42 Å². The van der Waals surface area contributed by atoms with E-state index in [1.807, 2.05) is 48.8 Å². The SMILES string of the molecule is O=S(=O)(c1ccccc1)n1c(-c2ccc(Cl)c3c[nH]cc23)cc2ccccc21. The van der Waals surface area contributed by atoms with Crippen LogP contribution in [0, 0.1) is 0 Å². The lowest BCUT2D eigenvalue weighted by Crippen LogP contribution is -2.14. The van der Waals surface area contributed by atoms with E-state index in [-0.39, 0.29) is 4.90 Å². The molecule has 0 aliphatic carbocycles. The third kappa shape index (κ3) is 2.47. The zero-order chi connectivity index (χ0) is 19.3. The number of H-pyrrole nitrogens is 1. The number of nitrogens with one attached hydrogen (secondary N) is 1. The van der Waals surface area contributed by atoms with Crippen LogP contribution in [0.3, 0.4) is 0 Å².